The maximum Gasteiger partial charge on any atom is 0.338 e. The number of alkyl halides is 1. The van der Waals surface area contributed by atoms with Crippen molar-refractivity contribution in [3.8, 4) is 5.75 Å². The van der Waals surface area contributed by atoms with Gasteiger partial charge in [-0.3, -0.25) is 0 Å². The summed E-state index contributed by atoms with van der Waals surface area (Å²) in [6, 6.07) is 6.81. The highest BCUT2D eigenvalue weighted by Crippen LogP contribution is 2.14. The van der Waals surface area contributed by atoms with Gasteiger partial charge in [-0.1, -0.05) is 19.1 Å². The van der Waals surface area contributed by atoms with Crippen molar-refractivity contribution in [3.05, 3.63) is 29.8 Å². The third-order valence-electron chi connectivity index (χ3n) is 2.08. The lowest BCUT2D eigenvalue weighted by Crippen LogP contribution is -2.17. The van der Waals surface area contributed by atoms with Gasteiger partial charge in [0, 0.05) is 6.42 Å². The number of aliphatic carboxylic acids is 1. The summed E-state index contributed by atoms with van der Waals surface area (Å²) in [5, 5.41) is 8.41. The first-order valence-electron chi connectivity index (χ1n) is 5.22. The molecule has 0 spiro atoms. The Balaban J connectivity index is 2.54. The van der Waals surface area contributed by atoms with Crippen LogP contribution in [0.5, 0.6) is 5.75 Å². The Kier molecular flexibility index (Phi) is 4.76. The van der Waals surface area contributed by atoms with Crippen LogP contribution >= 0.6 is 0 Å². The van der Waals surface area contributed by atoms with E-state index in [4.69, 9.17) is 9.84 Å². The molecule has 4 heteroatoms. The van der Waals surface area contributed by atoms with Gasteiger partial charge in [0.25, 0.3) is 0 Å². The Bertz CT molecular complexity index is 335. The molecule has 1 aromatic carbocycles. The summed E-state index contributed by atoms with van der Waals surface area (Å²) < 4.78 is 18.2. The zero-order chi connectivity index (χ0) is 12.0. The Morgan fingerprint density at radius 2 is 2.06 bits per heavy atom. The molecule has 0 bridgehead atoms. The van der Waals surface area contributed by atoms with Crippen molar-refractivity contribution in [3.63, 3.8) is 0 Å². The first-order valence-corrected chi connectivity index (χ1v) is 5.22. The van der Waals surface area contributed by atoms with Crippen LogP contribution in [0.3, 0.4) is 0 Å². The minimum Gasteiger partial charge on any atom is -0.494 e. The Hall–Kier alpha value is -1.58. The summed E-state index contributed by atoms with van der Waals surface area (Å²) in [5.41, 5.74) is 0.652. The minimum atomic E-state index is -1.84. The average molecular weight is 226 g/mol. The van der Waals surface area contributed by atoms with Gasteiger partial charge in [0.15, 0.2) is 0 Å². The van der Waals surface area contributed by atoms with Crippen LogP contribution in [0.15, 0.2) is 24.3 Å². The fraction of sp³-hybridized carbons (Fsp3) is 0.417. The molecule has 1 unspecified atom stereocenters. The molecule has 1 N–H and O–H groups in total. The van der Waals surface area contributed by atoms with E-state index in [1.54, 1.807) is 24.3 Å². The maximum absolute atomic E-state index is 12.9. The van der Waals surface area contributed by atoms with E-state index in [0.717, 1.165) is 12.2 Å². The average Bonchev–Trinajstić information content (AvgIpc) is 2.28. The molecule has 3 nitrogen and oxygen atoms in total. The molecule has 1 rings (SSSR count). The highest BCUT2D eigenvalue weighted by atomic mass is 19.1. The number of rotatable bonds is 6. The Morgan fingerprint density at radius 3 is 2.56 bits per heavy atom. The smallest absolute Gasteiger partial charge is 0.338 e. The third-order valence-corrected chi connectivity index (χ3v) is 2.08. The molecule has 0 aliphatic rings. The molecule has 0 saturated carbocycles. The lowest BCUT2D eigenvalue weighted by atomic mass is 10.1. The quantitative estimate of drug-likeness (QED) is 0.810. The van der Waals surface area contributed by atoms with E-state index in [1.807, 2.05) is 6.92 Å². The maximum atomic E-state index is 12.9. The first-order chi connectivity index (χ1) is 7.63. The van der Waals surface area contributed by atoms with Gasteiger partial charge >= 0.3 is 5.97 Å². The largest absolute Gasteiger partial charge is 0.494 e. The molecular weight excluding hydrogens is 211 g/mol. The second kappa shape index (κ2) is 6.10. The lowest BCUT2D eigenvalue weighted by Gasteiger charge is -2.06. The number of ether oxygens (including phenoxy) is 1. The second-order valence-corrected chi connectivity index (χ2v) is 3.50. The molecule has 16 heavy (non-hydrogen) atoms. The normalized spacial score (nSPS) is 12.1. The highest BCUT2D eigenvalue weighted by molar-refractivity contribution is 5.72. The molecule has 0 fully saturated rings. The summed E-state index contributed by atoms with van der Waals surface area (Å²) in [7, 11) is 0. The van der Waals surface area contributed by atoms with Crippen LogP contribution in [-0.4, -0.2) is 23.9 Å². The SMILES string of the molecule is CCCOc1ccc(CC(F)C(=O)O)cc1. The number of hydrogen-bond donors (Lipinski definition) is 1. The fourth-order valence-corrected chi connectivity index (χ4v) is 1.24. The number of carboxylic acid groups (broad SMARTS) is 1. The van der Waals surface area contributed by atoms with Gasteiger partial charge in [-0.15, -0.1) is 0 Å². The number of halogens is 1. The van der Waals surface area contributed by atoms with Crippen LogP contribution < -0.4 is 4.74 Å². The van der Waals surface area contributed by atoms with E-state index in [1.165, 1.54) is 0 Å². The molecule has 88 valence electrons. The number of hydrogen-bond acceptors (Lipinski definition) is 2. The molecular formula is C12H15FO3. The lowest BCUT2D eigenvalue weighted by molar-refractivity contribution is -0.142. The topological polar surface area (TPSA) is 46.5 Å². The standard InChI is InChI=1S/C12H15FO3/c1-2-7-16-10-5-3-9(4-6-10)8-11(13)12(14)15/h3-6,11H,2,7-8H2,1H3,(H,14,15). The van der Waals surface area contributed by atoms with Crippen molar-refractivity contribution < 1.29 is 19.0 Å². The van der Waals surface area contributed by atoms with Gasteiger partial charge in [-0.05, 0) is 24.1 Å². The summed E-state index contributed by atoms with van der Waals surface area (Å²) in [6.07, 6.45) is -1.03. The van der Waals surface area contributed by atoms with Crippen molar-refractivity contribution in [2.45, 2.75) is 25.9 Å². The molecule has 0 aromatic heterocycles. The summed E-state index contributed by atoms with van der Waals surface area (Å²) in [5.74, 6) is -0.706. The molecule has 1 atom stereocenters. The zero-order valence-corrected chi connectivity index (χ0v) is 9.15. The van der Waals surface area contributed by atoms with Gasteiger partial charge in [0.05, 0.1) is 6.61 Å². The molecule has 0 saturated heterocycles. The Labute approximate surface area is 93.9 Å². The molecule has 0 amide bonds. The van der Waals surface area contributed by atoms with Crippen LogP contribution in [0.25, 0.3) is 0 Å². The monoisotopic (exact) mass is 226 g/mol. The van der Waals surface area contributed by atoms with Crippen molar-refractivity contribution >= 4 is 5.97 Å². The highest BCUT2D eigenvalue weighted by Gasteiger charge is 2.15. The first kappa shape index (κ1) is 12.5. The number of carbonyl (C=O) groups is 1. The summed E-state index contributed by atoms with van der Waals surface area (Å²) >= 11 is 0. The molecule has 0 radical (unpaired) electrons. The van der Waals surface area contributed by atoms with Gasteiger partial charge in [0.2, 0.25) is 6.17 Å². The molecule has 0 heterocycles. The van der Waals surface area contributed by atoms with Crippen molar-refractivity contribution in [2.75, 3.05) is 6.61 Å². The molecule has 1 aromatic rings. The minimum absolute atomic E-state index is 0.108. The van der Waals surface area contributed by atoms with Crippen LogP contribution in [0.4, 0.5) is 4.39 Å². The van der Waals surface area contributed by atoms with E-state index >= 15 is 0 Å². The van der Waals surface area contributed by atoms with Crippen molar-refractivity contribution in [2.24, 2.45) is 0 Å². The second-order valence-electron chi connectivity index (χ2n) is 3.50. The Morgan fingerprint density at radius 1 is 1.44 bits per heavy atom. The third kappa shape index (κ3) is 3.88. The van der Waals surface area contributed by atoms with E-state index in [2.05, 4.69) is 0 Å². The predicted octanol–water partition coefficient (Wildman–Crippen LogP) is 2.44. The number of carboxylic acids is 1. The van der Waals surface area contributed by atoms with Gasteiger partial charge in [-0.2, -0.15) is 0 Å². The predicted molar refractivity (Wildman–Crippen MR) is 58.5 cm³/mol. The van der Waals surface area contributed by atoms with Crippen LogP contribution in [0, 0.1) is 0 Å². The van der Waals surface area contributed by atoms with E-state index < -0.39 is 12.1 Å². The van der Waals surface area contributed by atoms with Crippen LogP contribution in [0.2, 0.25) is 0 Å². The molecule has 0 aliphatic heterocycles. The molecule has 0 aliphatic carbocycles. The van der Waals surface area contributed by atoms with E-state index in [-0.39, 0.29) is 6.42 Å². The van der Waals surface area contributed by atoms with E-state index in [0.29, 0.717) is 12.2 Å². The number of benzene rings is 1. The summed E-state index contributed by atoms with van der Waals surface area (Å²) in [6.45, 7) is 2.65. The zero-order valence-electron chi connectivity index (χ0n) is 9.15. The van der Waals surface area contributed by atoms with Gasteiger partial charge in [0.1, 0.15) is 5.75 Å². The van der Waals surface area contributed by atoms with Crippen molar-refractivity contribution in [1.82, 2.24) is 0 Å². The van der Waals surface area contributed by atoms with Gasteiger partial charge < -0.3 is 9.84 Å². The van der Waals surface area contributed by atoms with Crippen LogP contribution in [0.1, 0.15) is 18.9 Å². The van der Waals surface area contributed by atoms with Crippen molar-refractivity contribution in [1.29, 1.82) is 0 Å². The van der Waals surface area contributed by atoms with E-state index in [9.17, 15) is 9.18 Å². The summed E-state index contributed by atoms with van der Waals surface area (Å²) in [4.78, 5) is 10.3. The van der Waals surface area contributed by atoms with Gasteiger partial charge in [-0.25, -0.2) is 9.18 Å². The fourth-order valence-electron chi connectivity index (χ4n) is 1.24. The van der Waals surface area contributed by atoms with Crippen LogP contribution in [-0.2, 0) is 11.2 Å².